The van der Waals surface area contributed by atoms with E-state index in [1.165, 1.54) is 21.9 Å². The Balaban J connectivity index is 0.000000193. The van der Waals surface area contributed by atoms with E-state index in [9.17, 15) is 0 Å². The molecule has 0 fully saturated rings. The third-order valence-corrected chi connectivity index (χ3v) is 10.1. The van der Waals surface area contributed by atoms with Gasteiger partial charge in [0.15, 0.2) is 0 Å². The molecule has 3 nitrogen and oxygen atoms in total. The van der Waals surface area contributed by atoms with Gasteiger partial charge in [0.1, 0.15) is 5.58 Å². The van der Waals surface area contributed by atoms with Gasteiger partial charge in [0, 0.05) is 43.8 Å². The maximum absolute atomic E-state index is 5.91. The first-order valence-corrected chi connectivity index (χ1v) is 18.6. The van der Waals surface area contributed by atoms with Crippen LogP contribution < -0.4 is 5.19 Å². The number of pyridine rings is 2. The van der Waals surface area contributed by atoms with Gasteiger partial charge in [0.05, 0.1) is 13.7 Å². The standard InChI is InChI=1S/C25H18NO.C15H18NSi.Ir/c1-17(18-7-3-2-4-8-18)19-13-14-26-23(16-19)20-11-12-25-22(15-20)21-9-5-6-10-24(21)27-25;1-12-5-7-13(8-6-12)15-10-9-14(11-16-15)17(2,3)4;/h2-10,12-17H,1H3;5-7,9-11H,1-4H3;/q2*-1;. The van der Waals surface area contributed by atoms with Gasteiger partial charge in [-0.05, 0) is 39.8 Å². The molecule has 1 unspecified atom stereocenters. The van der Waals surface area contributed by atoms with Crippen LogP contribution in [0.5, 0.6) is 0 Å². The molecule has 227 valence electrons. The first-order valence-electron chi connectivity index (χ1n) is 15.1. The van der Waals surface area contributed by atoms with Crippen LogP contribution in [-0.4, -0.2) is 18.0 Å². The summed E-state index contributed by atoms with van der Waals surface area (Å²) in [6.45, 7) is 11.3. The molecule has 0 aliphatic heterocycles. The van der Waals surface area contributed by atoms with Crippen LogP contribution in [0.1, 0.15) is 29.5 Å². The molecule has 1 radical (unpaired) electrons. The summed E-state index contributed by atoms with van der Waals surface area (Å²) < 4.78 is 5.91. The zero-order valence-electron chi connectivity index (χ0n) is 26.3. The van der Waals surface area contributed by atoms with Crippen LogP contribution in [0.15, 0.2) is 126 Å². The van der Waals surface area contributed by atoms with Gasteiger partial charge in [-0.25, -0.2) is 0 Å². The average Bonchev–Trinajstić information content (AvgIpc) is 3.43. The van der Waals surface area contributed by atoms with Crippen LogP contribution >= 0.6 is 0 Å². The number of hydrogen-bond acceptors (Lipinski definition) is 3. The van der Waals surface area contributed by atoms with Crippen molar-refractivity contribution in [1.82, 2.24) is 9.97 Å². The minimum absolute atomic E-state index is 0. The second-order valence-electron chi connectivity index (χ2n) is 12.3. The van der Waals surface area contributed by atoms with Gasteiger partial charge in [-0.3, -0.25) is 0 Å². The summed E-state index contributed by atoms with van der Waals surface area (Å²) >= 11 is 0. The number of rotatable bonds is 5. The van der Waals surface area contributed by atoms with Gasteiger partial charge >= 0.3 is 0 Å². The van der Waals surface area contributed by atoms with E-state index in [0.29, 0.717) is 5.92 Å². The fraction of sp³-hybridized carbons (Fsp3) is 0.150. The molecule has 7 aromatic rings. The molecule has 0 amide bonds. The van der Waals surface area contributed by atoms with Crippen molar-refractivity contribution < 1.29 is 24.5 Å². The van der Waals surface area contributed by atoms with Crippen molar-refractivity contribution in [2.45, 2.75) is 39.4 Å². The van der Waals surface area contributed by atoms with Gasteiger partial charge in [-0.2, -0.15) is 0 Å². The molecule has 3 aromatic heterocycles. The second kappa shape index (κ2) is 13.9. The number of benzene rings is 4. The molecule has 0 spiro atoms. The number of para-hydroxylation sites is 1. The molecule has 0 aliphatic carbocycles. The van der Waals surface area contributed by atoms with Gasteiger partial charge in [-0.15, -0.1) is 59.2 Å². The molecule has 0 aliphatic rings. The molecule has 1 atom stereocenters. The zero-order chi connectivity index (χ0) is 30.7. The number of nitrogens with zero attached hydrogens (tertiary/aromatic N) is 2. The Hall–Kier alpha value is -4.15. The molecule has 5 heteroatoms. The number of hydrogen-bond donors (Lipinski definition) is 0. The topological polar surface area (TPSA) is 38.9 Å². The first kappa shape index (κ1) is 32.2. The Labute approximate surface area is 280 Å². The van der Waals surface area contributed by atoms with Crippen molar-refractivity contribution in [1.29, 1.82) is 0 Å². The first-order chi connectivity index (χ1) is 21.3. The normalized spacial score (nSPS) is 11.8. The Kier molecular flexibility index (Phi) is 9.94. The molecule has 4 aromatic carbocycles. The van der Waals surface area contributed by atoms with Crippen molar-refractivity contribution in [3.63, 3.8) is 0 Å². The van der Waals surface area contributed by atoms with Gasteiger partial charge in [0.25, 0.3) is 0 Å². The molecular formula is C40H36IrN2OSi-2. The van der Waals surface area contributed by atoms with Gasteiger partial charge in [0.2, 0.25) is 0 Å². The molecule has 0 saturated carbocycles. The van der Waals surface area contributed by atoms with Crippen LogP contribution in [0.4, 0.5) is 0 Å². The fourth-order valence-electron chi connectivity index (χ4n) is 5.27. The summed E-state index contributed by atoms with van der Waals surface area (Å²) in [5, 5.41) is 3.62. The van der Waals surface area contributed by atoms with E-state index in [1.54, 1.807) is 0 Å². The summed E-state index contributed by atoms with van der Waals surface area (Å²) in [6, 6.07) is 44.0. The van der Waals surface area contributed by atoms with Crippen molar-refractivity contribution in [2.75, 3.05) is 0 Å². The average molecular weight is 781 g/mol. The van der Waals surface area contributed by atoms with E-state index < -0.39 is 8.07 Å². The van der Waals surface area contributed by atoms with Gasteiger partial charge < -0.3 is 14.4 Å². The van der Waals surface area contributed by atoms with Crippen molar-refractivity contribution in [3.05, 3.63) is 150 Å². The fourth-order valence-corrected chi connectivity index (χ4v) is 6.31. The summed E-state index contributed by atoms with van der Waals surface area (Å²) in [4.78, 5) is 9.14. The number of furan rings is 1. The van der Waals surface area contributed by atoms with E-state index in [1.807, 2.05) is 48.8 Å². The van der Waals surface area contributed by atoms with Gasteiger partial charge in [-0.1, -0.05) is 106 Å². The molecule has 3 heterocycles. The van der Waals surface area contributed by atoms with E-state index in [2.05, 4.69) is 128 Å². The minimum atomic E-state index is -1.24. The van der Waals surface area contributed by atoms with Crippen LogP contribution in [0.25, 0.3) is 44.5 Å². The molecule has 7 rings (SSSR count). The largest absolute Gasteiger partial charge is 0.500 e. The predicted molar refractivity (Wildman–Crippen MR) is 186 cm³/mol. The maximum atomic E-state index is 5.91. The predicted octanol–water partition coefficient (Wildman–Crippen LogP) is 10.00. The smallest absolute Gasteiger partial charge is 0.120 e. The Morgan fingerprint density at radius 1 is 0.667 bits per heavy atom. The third-order valence-electron chi connectivity index (χ3n) is 8.04. The SMILES string of the molecule is CC(c1ccccc1)c1ccnc(-c2[c-]cc3oc4ccccc4c3c2)c1.Cc1c[c-]c(-c2ccc([Si](C)(C)C)cn2)cc1.[Ir]. The van der Waals surface area contributed by atoms with Crippen LogP contribution in [-0.2, 0) is 20.1 Å². The third kappa shape index (κ3) is 7.40. The molecular weight excluding hydrogens is 745 g/mol. The summed E-state index contributed by atoms with van der Waals surface area (Å²) in [5.74, 6) is 0.312. The molecule has 0 saturated heterocycles. The molecule has 45 heavy (non-hydrogen) atoms. The van der Waals surface area contributed by atoms with Crippen molar-refractivity contribution >= 4 is 35.2 Å². The number of aryl methyl sites for hydroxylation is 1. The molecule has 0 bridgehead atoms. The Morgan fingerprint density at radius 2 is 1.42 bits per heavy atom. The van der Waals surface area contributed by atoms with E-state index in [0.717, 1.165) is 44.5 Å². The summed E-state index contributed by atoms with van der Waals surface area (Å²) in [7, 11) is -1.24. The molecule has 0 N–H and O–H groups in total. The Bertz CT molecular complexity index is 2010. The number of aromatic nitrogens is 2. The summed E-state index contributed by atoms with van der Waals surface area (Å²) in [6.07, 6.45) is 3.91. The minimum Gasteiger partial charge on any atom is -0.500 e. The Morgan fingerprint density at radius 3 is 2.13 bits per heavy atom. The van der Waals surface area contributed by atoms with Crippen LogP contribution in [0, 0.1) is 19.1 Å². The van der Waals surface area contributed by atoms with E-state index in [4.69, 9.17) is 4.42 Å². The number of fused-ring (bicyclic) bond motifs is 3. The van der Waals surface area contributed by atoms with Crippen LogP contribution in [0.3, 0.4) is 0 Å². The van der Waals surface area contributed by atoms with Crippen molar-refractivity contribution in [2.24, 2.45) is 0 Å². The van der Waals surface area contributed by atoms with Crippen LogP contribution in [0.2, 0.25) is 19.6 Å². The van der Waals surface area contributed by atoms with Crippen molar-refractivity contribution in [3.8, 4) is 22.5 Å². The monoisotopic (exact) mass is 781 g/mol. The zero-order valence-corrected chi connectivity index (χ0v) is 29.7. The maximum Gasteiger partial charge on any atom is 0.120 e. The van der Waals surface area contributed by atoms with E-state index in [-0.39, 0.29) is 20.1 Å². The quantitative estimate of drug-likeness (QED) is 0.129. The summed E-state index contributed by atoms with van der Waals surface area (Å²) in [5.41, 5.74) is 9.52. The second-order valence-corrected chi connectivity index (χ2v) is 17.4. The van der Waals surface area contributed by atoms with E-state index >= 15 is 0 Å².